The minimum atomic E-state index is -3.59. The molecule has 1 fully saturated rings. The lowest BCUT2D eigenvalue weighted by molar-refractivity contribution is -0.134. The molecule has 7 nitrogen and oxygen atoms in total. The van der Waals surface area contributed by atoms with E-state index < -0.39 is 10.0 Å². The number of nitrogens with zero attached hydrogens (tertiary/aromatic N) is 2. The Morgan fingerprint density at radius 3 is 2.39 bits per heavy atom. The molecule has 1 aliphatic rings. The number of aryl methyl sites for hydroxylation is 2. The third-order valence-electron chi connectivity index (χ3n) is 4.76. The number of piperazine rings is 1. The maximum absolute atomic E-state index is 12.9. The SMILES string of the molecule is Cc1ccc(S(=O)(=O)N2CCN(C(=O)COc3ccccc3O)CC2)c(C)c1. The van der Waals surface area contributed by atoms with Crippen molar-refractivity contribution in [3.05, 3.63) is 53.6 Å². The standard InChI is InChI=1S/C20H24N2O5S/c1-15-7-8-19(16(2)13-15)28(25,26)22-11-9-21(10-12-22)20(24)14-27-18-6-4-3-5-17(18)23/h3-8,13,23H,9-12,14H2,1-2H3. The molecule has 1 heterocycles. The van der Waals surface area contributed by atoms with Crippen LogP contribution in [0.25, 0.3) is 0 Å². The summed E-state index contributed by atoms with van der Waals surface area (Å²) in [7, 11) is -3.59. The van der Waals surface area contributed by atoms with Crippen LogP contribution < -0.4 is 4.74 Å². The van der Waals surface area contributed by atoms with Crippen molar-refractivity contribution in [3.8, 4) is 11.5 Å². The monoisotopic (exact) mass is 404 g/mol. The summed E-state index contributed by atoms with van der Waals surface area (Å²) in [6.45, 7) is 4.57. The normalized spacial score (nSPS) is 15.4. The van der Waals surface area contributed by atoms with Crippen LogP contribution in [0.1, 0.15) is 11.1 Å². The smallest absolute Gasteiger partial charge is 0.260 e. The van der Waals surface area contributed by atoms with Gasteiger partial charge in [0.05, 0.1) is 4.90 Å². The predicted octanol–water partition coefficient (Wildman–Crippen LogP) is 1.92. The molecule has 0 unspecified atom stereocenters. The molecule has 0 aliphatic carbocycles. The zero-order valence-corrected chi connectivity index (χ0v) is 16.8. The van der Waals surface area contributed by atoms with Gasteiger partial charge < -0.3 is 14.7 Å². The number of amides is 1. The van der Waals surface area contributed by atoms with Crippen LogP contribution in [0.2, 0.25) is 0 Å². The number of para-hydroxylation sites is 2. The lowest BCUT2D eigenvalue weighted by Crippen LogP contribution is -2.51. The van der Waals surface area contributed by atoms with Crippen molar-refractivity contribution in [1.29, 1.82) is 0 Å². The second-order valence-electron chi connectivity index (χ2n) is 6.81. The summed E-state index contributed by atoms with van der Waals surface area (Å²) in [5.41, 5.74) is 1.73. The second-order valence-corrected chi connectivity index (χ2v) is 8.72. The van der Waals surface area contributed by atoms with E-state index in [0.29, 0.717) is 18.0 Å². The van der Waals surface area contributed by atoms with Crippen LogP contribution in [0.15, 0.2) is 47.4 Å². The molecule has 0 spiro atoms. The molecule has 0 radical (unpaired) electrons. The van der Waals surface area contributed by atoms with Gasteiger partial charge in [-0.25, -0.2) is 8.42 Å². The van der Waals surface area contributed by atoms with E-state index in [2.05, 4.69) is 0 Å². The van der Waals surface area contributed by atoms with E-state index >= 15 is 0 Å². The Labute approximate surface area is 165 Å². The third-order valence-corrected chi connectivity index (χ3v) is 6.81. The van der Waals surface area contributed by atoms with Gasteiger partial charge in [-0.05, 0) is 37.6 Å². The van der Waals surface area contributed by atoms with Gasteiger partial charge in [0.1, 0.15) is 0 Å². The quantitative estimate of drug-likeness (QED) is 0.823. The Balaban J connectivity index is 1.59. The van der Waals surface area contributed by atoms with Crippen molar-refractivity contribution in [2.45, 2.75) is 18.7 Å². The number of phenolic OH excluding ortho intramolecular Hbond substituents is 1. The van der Waals surface area contributed by atoms with Crippen LogP contribution in [0.4, 0.5) is 0 Å². The van der Waals surface area contributed by atoms with Gasteiger partial charge in [-0.3, -0.25) is 4.79 Å². The van der Waals surface area contributed by atoms with Gasteiger partial charge in [-0.1, -0.05) is 29.8 Å². The Morgan fingerprint density at radius 2 is 1.75 bits per heavy atom. The highest BCUT2D eigenvalue weighted by Crippen LogP contribution is 2.25. The summed E-state index contributed by atoms with van der Waals surface area (Å²) >= 11 is 0. The van der Waals surface area contributed by atoms with Gasteiger partial charge in [0.15, 0.2) is 18.1 Å². The van der Waals surface area contributed by atoms with E-state index in [1.54, 1.807) is 42.2 Å². The number of hydrogen-bond donors (Lipinski definition) is 1. The maximum Gasteiger partial charge on any atom is 0.260 e. The number of phenols is 1. The van der Waals surface area contributed by atoms with Crippen LogP contribution in [-0.4, -0.2) is 61.4 Å². The van der Waals surface area contributed by atoms with E-state index in [0.717, 1.165) is 11.1 Å². The lowest BCUT2D eigenvalue weighted by Gasteiger charge is -2.34. The first-order valence-corrected chi connectivity index (χ1v) is 10.5. The summed E-state index contributed by atoms with van der Waals surface area (Å²) in [6, 6.07) is 11.7. The molecule has 0 saturated carbocycles. The maximum atomic E-state index is 12.9. The third kappa shape index (κ3) is 4.28. The van der Waals surface area contributed by atoms with Crippen molar-refractivity contribution >= 4 is 15.9 Å². The van der Waals surface area contributed by atoms with E-state index in [9.17, 15) is 18.3 Å². The van der Waals surface area contributed by atoms with Gasteiger partial charge in [0.2, 0.25) is 10.0 Å². The number of ether oxygens (including phenoxy) is 1. The fraction of sp³-hybridized carbons (Fsp3) is 0.350. The minimum absolute atomic E-state index is 0.0281. The van der Waals surface area contributed by atoms with Crippen LogP contribution in [0.5, 0.6) is 11.5 Å². The first kappa shape index (κ1) is 20.2. The number of rotatable bonds is 5. The van der Waals surface area contributed by atoms with Crippen LogP contribution in [0, 0.1) is 13.8 Å². The van der Waals surface area contributed by atoms with E-state index in [1.807, 2.05) is 13.0 Å². The molecule has 150 valence electrons. The molecule has 3 rings (SSSR count). The van der Waals surface area contributed by atoms with Crippen molar-refractivity contribution in [2.75, 3.05) is 32.8 Å². The van der Waals surface area contributed by atoms with Gasteiger partial charge in [-0.15, -0.1) is 0 Å². The molecule has 0 bridgehead atoms. The van der Waals surface area contributed by atoms with Crippen LogP contribution in [0.3, 0.4) is 0 Å². The van der Waals surface area contributed by atoms with Gasteiger partial charge in [0.25, 0.3) is 5.91 Å². The number of sulfonamides is 1. The lowest BCUT2D eigenvalue weighted by atomic mass is 10.2. The fourth-order valence-electron chi connectivity index (χ4n) is 3.22. The summed E-state index contributed by atoms with van der Waals surface area (Å²) in [5.74, 6) is -0.0293. The molecule has 0 atom stereocenters. The molecule has 8 heteroatoms. The zero-order valence-electron chi connectivity index (χ0n) is 16.0. The van der Waals surface area contributed by atoms with E-state index in [1.165, 1.54) is 10.4 Å². The molecule has 2 aromatic rings. The summed E-state index contributed by atoms with van der Waals surface area (Å²) in [5, 5.41) is 9.68. The van der Waals surface area contributed by atoms with E-state index in [-0.39, 0.29) is 37.1 Å². The van der Waals surface area contributed by atoms with Crippen LogP contribution in [-0.2, 0) is 14.8 Å². The average Bonchev–Trinajstić information content (AvgIpc) is 2.67. The Kier molecular flexibility index (Phi) is 5.90. The highest BCUT2D eigenvalue weighted by atomic mass is 32.2. The first-order valence-electron chi connectivity index (χ1n) is 9.05. The predicted molar refractivity (Wildman–Crippen MR) is 105 cm³/mol. The first-order chi connectivity index (χ1) is 13.3. The van der Waals surface area contributed by atoms with E-state index in [4.69, 9.17) is 4.74 Å². The van der Waals surface area contributed by atoms with Crippen molar-refractivity contribution in [1.82, 2.24) is 9.21 Å². The largest absolute Gasteiger partial charge is 0.504 e. The van der Waals surface area contributed by atoms with Crippen molar-refractivity contribution in [2.24, 2.45) is 0 Å². The minimum Gasteiger partial charge on any atom is -0.504 e. The fourth-order valence-corrected chi connectivity index (χ4v) is 4.84. The highest BCUT2D eigenvalue weighted by molar-refractivity contribution is 7.89. The highest BCUT2D eigenvalue weighted by Gasteiger charge is 2.31. The zero-order chi connectivity index (χ0) is 20.3. The molecular formula is C20H24N2O5S. The number of carbonyl (C=O) groups is 1. The molecule has 2 aromatic carbocycles. The Hall–Kier alpha value is -2.58. The molecule has 1 amide bonds. The Morgan fingerprint density at radius 1 is 1.07 bits per heavy atom. The van der Waals surface area contributed by atoms with Gasteiger partial charge in [0, 0.05) is 26.2 Å². The number of carbonyl (C=O) groups excluding carboxylic acids is 1. The number of aromatic hydroxyl groups is 1. The average molecular weight is 404 g/mol. The van der Waals surface area contributed by atoms with Crippen LogP contribution >= 0.6 is 0 Å². The second kappa shape index (κ2) is 8.20. The molecule has 1 saturated heterocycles. The van der Waals surface area contributed by atoms with Gasteiger partial charge in [-0.2, -0.15) is 4.31 Å². The molecule has 28 heavy (non-hydrogen) atoms. The summed E-state index contributed by atoms with van der Waals surface area (Å²) < 4.78 is 32.6. The Bertz CT molecular complexity index is 966. The summed E-state index contributed by atoms with van der Waals surface area (Å²) in [6.07, 6.45) is 0. The number of benzene rings is 2. The molecule has 0 aromatic heterocycles. The topological polar surface area (TPSA) is 87.2 Å². The molecule has 1 N–H and O–H groups in total. The summed E-state index contributed by atoms with van der Waals surface area (Å²) in [4.78, 5) is 14.2. The van der Waals surface area contributed by atoms with Crippen molar-refractivity contribution < 1.29 is 23.1 Å². The van der Waals surface area contributed by atoms with Gasteiger partial charge >= 0.3 is 0 Å². The number of hydrogen-bond acceptors (Lipinski definition) is 5. The molecular weight excluding hydrogens is 380 g/mol. The van der Waals surface area contributed by atoms with Crippen molar-refractivity contribution in [3.63, 3.8) is 0 Å². The molecule has 1 aliphatic heterocycles.